The van der Waals surface area contributed by atoms with Crippen LogP contribution in [-0.4, -0.2) is 36.5 Å². The van der Waals surface area contributed by atoms with Gasteiger partial charge in [-0.3, -0.25) is 4.79 Å². The van der Waals surface area contributed by atoms with Crippen LogP contribution in [0.15, 0.2) is 54.6 Å². The average molecular weight is 352 g/mol. The number of likely N-dealkylation sites (N-methyl/N-ethyl adjacent to an activating group) is 1. The number of likely N-dealkylation sites (tertiary alicyclic amines) is 1. The average Bonchev–Trinajstić information content (AvgIpc) is 2.68. The van der Waals surface area contributed by atoms with Crippen molar-refractivity contribution >= 4 is 5.91 Å². The normalized spacial score (nSPS) is 17.7. The zero-order valence-corrected chi connectivity index (χ0v) is 15.5. The van der Waals surface area contributed by atoms with Gasteiger partial charge in [-0.2, -0.15) is 0 Å². The maximum absolute atomic E-state index is 12.5. The number of nitrogens with zero attached hydrogens (tertiary/aromatic N) is 1. The summed E-state index contributed by atoms with van der Waals surface area (Å²) in [7, 11) is 0. The van der Waals surface area contributed by atoms with Crippen molar-refractivity contribution < 1.29 is 9.53 Å². The van der Waals surface area contributed by atoms with Gasteiger partial charge in [0, 0.05) is 18.2 Å². The Hall–Kier alpha value is -2.33. The Morgan fingerprint density at radius 2 is 1.92 bits per heavy atom. The molecule has 0 saturated carbocycles. The minimum atomic E-state index is 0.0729. The fourth-order valence-electron chi connectivity index (χ4n) is 3.44. The zero-order valence-electron chi connectivity index (χ0n) is 15.5. The molecule has 0 aliphatic carbocycles. The molecule has 0 aromatic heterocycles. The second-order valence-electron chi connectivity index (χ2n) is 6.86. The van der Waals surface area contributed by atoms with Gasteiger partial charge in [-0.25, -0.2) is 0 Å². The highest BCUT2D eigenvalue weighted by atomic mass is 16.5. The summed E-state index contributed by atoms with van der Waals surface area (Å²) in [4.78, 5) is 14.9. The number of benzene rings is 2. The Bertz CT molecular complexity index is 702. The molecule has 1 aliphatic heterocycles. The highest BCUT2D eigenvalue weighted by molar-refractivity contribution is 5.79. The highest BCUT2D eigenvalue weighted by Gasteiger charge is 2.20. The highest BCUT2D eigenvalue weighted by Crippen LogP contribution is 2.20. The predicted molar refractivity (Wildman–Crippen MR) is 104 cm³/mol. The van der Waals surface area contributed by atoms with Gasteiger partial charge in [0.2, 0.25) is 5.91 Å². The molecule has 3 rings (SSSR count). The van der Waals surface area contributed by atoms with Crippen molar-refractivity contribution in [2.75, 3.05) is 19.6 Å². The summed E-state index contributed by atoms with van der Waals surface area (Å²) in [6.45, 7) is 5.81. The largest absolute Gasteiger partial charge is 0.489 e. The first-order valence-corrected chi connectivity index (χ1v) is 9.51. The zero-order chi connectivity index (χ0) is 18.2. The predicted octanol–water partition coefficient (Wildman–Crippen LogP) is 3.41. The van der Waals surface area contributed by atoms with Crippen LogP contribution in [0, 0.1) is 0 Å². The van der Waals surface area contributed by atoms with Crippen LogP contribution in [0.5, 0.6) is 5.75 Å². The third-order valence-corrected chi connectivity index (χ3v) is 4.88. The van der Waals surface area contributed by atoms with Crippen molar-refractivity contribution in [3.63, 3.8) is 0 Å². The van der Waals surface area contributed by atoms with E-state index in [9.17, 15) is 4.79 Å². The standard InChI is InChI=1S/C22H28N2O2/c1-2-24-14-8-12-20(16-24)23-22(25)15-19-11-6-7-13-21(19)26-17-18-9-4-3-5-10-18/h3-7,9-11,13,20H,2,8,12,14-17H2,1H3,(H,23,25). The fourth-order valence-corrected chi connectivity index (χ4v) is 3.44. The first-order chi connectivity index (χ1) is 12.7. The van der Waals surface area contributed by atoms with Crippen LogP contribution in [0.1, 0.15) is 30.9 Å². The minimum Gasteiger partial charge on any atom is -0.489 e. The Labute approximate surface area is 156 Å². The summed E-state index contributed by atoms with van der Waals surface area (Å²) in [6.07, 6.45) is 2.57. The number of piperidine rings is 1. The van der Waals surface area contributed by atoms with Crippen molar-refractivity contribution in [1.82, 2.24) is 10.2 Å². The van der Waals surface area contributed by atoms with E-state index in [-0.39, 0.29) is 11.9 Å². The maximum Gasteiger partial charge on any atom is 0.224 e. The van der Waals surface area contributed by atoms with Crippen LogP contribution in [0.4, 0.5) is 0 Å². The van der Waals surface area contributed by atoms with Crippen molar-refractivity contribution in [1.29, 1.82) is 0 Å². The molecule has 1 aliphatic rings. The first kappa shape index (κ1) is 18.5. The molecule has 1 N–H and O–H groups in total. The van der Waals surface area contributed by atoms with Crippen molar-refractivity contribution in [3.8, 4) is 5.75 Å². The van der Waals surface area contributed by atoms with Gasteiger partial charge in [0.05, 0.1) is 6.42 Å². The number of carbonyl (C=O) groups is 1. The molecule has 1 atom stereocenters. The van der Waals surface area contributed by atoms with Gasteiger partial charge in [0.15, 0.2) is 0 Å². The Balaban J connectivity index is 1.56. The summed E-state index contributed by atoms with van der Waals surface area (Å²) >= 11 is 0. The Morgan fingerprint density at radius 1 is 1.15 bits per heavy atom. The van der Waals surface area contributed by atoms with Crippen LogP contribution in [0.3, 0.4) is 0 Å². The van der Waals surface area contributed by atoms with E-state index in [0.29, 0.717) is 13.0 Å². The number of nitrogens with one attached hydrogen (secondary N) is 1. The summed E-state index contributed by atoms with van der Waals surface area (Å²) < 4.78 is 5.96. The summed E-state index contributed by atoms with van der Waals surface area (Å²) in [5, 5.41) is 3.20. The number of ether oxygens (including phenoxy) is 1. The topological polar surface area (TPSA) is 41.6 Å². The number of rotatable bonds is 7. The monoisotopic (exact) mass is 352 g/mol. The molecule has 2 aromatic rings. The van der Waals surface area contributed by atoms with Gasteiger partial charge in [-0.15, -0.1) is 0 Å². The molecule has 0 bridgehead atoms. The summed E-state index contributed by atoms with van der Waals surface area (Å²) in [5.74, 6) is 0.856. The lowest BCUT2D eigenvalue weighted by atomic mass is 10.0. The lowest BCUT2D eigenvalue weighted by Gasteiger charge is -2.32. The molecule has 4 nitrogen and oxygen atoms in total. The Kier molecular flexibility index (Phi) is 6.67. The van der Waals surface area contributed by atoms with Gasteiger partial charge in [0.1, 0.15) is 12.4 Å². The van der Waals surface area contributed by atoms with E-state index in [2.05, 4.69) is 17.1 Å². The van der Waals surface area contributed by atoms with E-state index in [1.165, 1.54) is 0 Å². The second kappa shape index (κ2) is 9.39. The second-order valence-corrected chi connectivity index (χ2v) is 6.86. The molecule has 1 saturated heterocycles. The molecular formula is C22H28N2O2. The third-order valence-electron chi connectivity index (χ3n) is 4.88. The van der Waals surface area contributed by atoms with Crippen LogP contribution < -0.4 is 10.1 Å². The van der Waals surface area contributed by atoms with E-state index < -0.39 is 0 Å². The molecule has 26 heavy (non-hydrogen) atoms. The Morgan fingerprint density at radius 3 is 2.73 bits per heavy atom. The number of hydrogen-bond donors (Lipinski definition) is 1. The van der Waals surface area contributed by atoms with E-state index in [0.717, 1.165) is 49.4 Å². The van der Waals surface area contributed by atoms with E-state index >= 15 is 0 Å². The first-order valence-electron chi connectivity index (χ1n) is 9.51. The molecule has 1 amide bonds. The van der Waals surface area contributed by atoms with Crippen molar-refractivity contribution in [2.24, 2.45) is 0 Å². The maximum atomic E-state index is 12.5. The van der Waals surface area contributed by atoms with Crippen LogP contribution in [0.2, 0.25) is 0 Å². The summed E-state index contributed by atoms with van der Waals surface area (Å²) in [5.41, 5.74) is 2.05. The number of amides is 1. The van der Waals surface area contributed by atoms with Gasteiger partial charge < -0.3 is 15.0 Å². The van der Waals surface area contributed by atoms with Crippen LogP contribution in [-0.2, 0) is 17.8 Å². The molecule has 1 heterocycles. The lowest BCUT2D eigenvalue weighted by molar-refractivity contribution is -0.121. The van der Waals surface area contributed by atoms with Crippen LogP contribution >= 0.6 is 0 Å². The molecule has 0 spiro atoms. The van der Waals surface area contributed by atoms with Gasteiger partial charge >= 0.3 is 0 Å². The molecule has 1 unspecified atom stereocenters. The van der Waals surface area contributed by atoms with Gasteiger partial charge in [0.25, 0.3) is 0 Å². The van der Waals surface area contributed by atoms with Crippen molar-refractivity contribution in [2.45, 2.75) is 38.8 Å². The quantitative estimate of drug-likeness (QED) is 0.830. The van der Waals surface area contributed by atoms with E-state index in [1.54, 1.807) is 0 Å². The molecule has 0 radical (unpaired) electrons. The smallest absolute Gasteiger partial charge is 0.224 e. The third kappa shape index (κ3) is 5.33. The summed E-state index contributed by atoms with van der Waals surface area (Å²) in [6, 6.07) is 18.1. The van der Waals surface area contributed by atoms with Crippen molar-refractivity contribution in [3.05, 3.63) is 65.7 Å². The van der Waals surface area contributed by atoms with Gasteiger partial charge in [-0.05, 0) is 37.6 Å². The number of para-hydroxylation sites is 1. The minimum absolute atomic E-state index is 0.0729. The molecular weight excluding hydrogens is 324 g/mol. The molecule has 2 aromatic carbocycles. The fraction of sp³-hybridized carbons (Fsp3) is 0.409. The molecule has 4 heteroatoms. The number of hydrogen-bond acceptors (Lipinski definition) is 3. The van der Waals surface area contributed by atoms with Gasteiger partial charge in [-0.1, -0.05) is 55.5 Å². The SMILES string of the molecule is CCN1CCCC(NC(=O)Cc2ccccc2OCc2ccccc2)C1. The van der Waals surface area contributed by atoms with E-state index in [4.69, 9.17) is 4.74 Å². The molecule has 138 valence electrons. The van der Waals surface area contributed by atoms with Crippen LogP contribution in [0.25, 0.3) is 0 Å². The molecule has 1 fully saturated rings. The lowest BCUT2D eigenvalue weighted by Crippen LogP contribution is -2.47. The van der Waals surface area contributed by atoms with E-state index in [1.807, 2.05) is 54.6 Å². The number of carbonyl (C=O) groups excluding carboxylic acids is 1.